The molecule has 8 nitrogen and oxygen atoms in total. The maximum Gasteiger partial charge on any atom is 0.335 e. The zero-order valence-electron chi connectivity index (χ0n) is 13.9. The van der Waals surface area contributed by atoms with Crippen molar-refractivity contribution in [2.45, 2.75) is 31.8 Å². The Bertz CT molecular complexity index is 723. The van der Waals surface area contributed by atoms with Crippen LogP contribution in [0.15, 0.2) is 35.5 Å². The molecule has 2 fully saturated rings. The van der Waals surface area contributed by atoms with Gasteiger partial charge in [0.15, 0.2) is 0 Å². The van der Waals surface area contributed by atoms with Gasteiger partial charge in [0.05, 0.1) is 12.3 Å². The Labute approximate surface area is 144 Å². The van der Waals surface area contributed by atoms with Gasteiger partial charge in [0.25, 0.3) is 0 Å². The minimum Gasteiger partial charge on any atom is -0.467 e. The van der Waals surface area contributed by atoms with Crippen LogP contribution in [0.5, 0.6) is 0 Å². The molecule has 1 saturated heterocycles. The Hall–Kier alpha value is -2.90. The van der Waals surface area contributed by atoms with E-state index in [-0.39, 0.29) is 24.5 Å². The van der Waals surface area contributed by atoms with Crippen LogP contribution in [0.4, 0.5) is 4.79 Å². The van der Waals surface area contributed by atoms with Crippen molar-refractivity contribution in [1.29, 1.82) is 0 Å². The Morgan fingerprint density at radius 2 is 2.04 bits per heavy atom. The van der Waals surface area contributed by atoms with Gasteiger partial charge in [-0.05, 0) is 31.9 Å². The average Bonchev–Trinajstić information content (AvgIpc) is 3.21. The van der Waals surface area contributed by atoms with Gasteiger partial charge in [-0.25, -0.2) is 9.69 Å². The predicted molar refractivity (Wildman–Crippen MR) is 86.0 cm³/mol. The van der Waals surface area contributed by atoms with E-state index < -0.39 is 24.4 Å². The van der Waals surface area contributed by atoms with Crippen LogP contribution in [-0.4, -0.2) is 57.6 Å². The highest BCUT2D eigenvalue weighted by Crippen LogP contribution is 2.34. The summed E-state index contributed by atoms with van der Waals surface area (Å²) < 4.78 is 5.37. The molecule has 1 aromatic heterocycles. The minimum atomic E-state index is -0.985. The minimum absolute atomic E-state index is 0.0559. The molecular formula is C17H19N3O5. The molecule has 0 bridgehead atoms. The van der Waals surface area contributed by atoms with E-state index in [1.54, 1.807) is 17.0 Å². The predicted octanol–water partition coefficient (Wildman–Crippen LogP) is 1.31. The summed E-state index contributed by atoms with van der Waals surface area (Å²) in [5.41, 5.74) is 0. The van der Waals surface area contributed by atoms with Gasteiger partial charge in [-0.1, -0.05) is 6.08 Å². The maximum atomic E-state index is 12.8. The number of imide groups is 2. The first kappa shape index (κ1) is 16.9. The van der Waals surface area contributed by atoms with Gasteiger partial charge in [-0.15, -0.1) is 6.58 Å². The second-order valence-electron chi connectivity index (χ2n) is 6.10. The number of amides is 5. The molecule has 8 heteroatoms. The fourth-order valence-corrected chi connectivity index (χ4v) is 2.95. The maximum absolute atomic E-state index is 12.8. The van der Waals surface area contributed by atoms with Crippen LogP contribution in [0, 0.1) is 0 Å². The molecule has 2 aliphatic rings. The topological polar surface area (TPSA) is 91.1 Å². The first-order valence-corrected chi connectivity index (χ1v) is 8.08. The first-order chi connectivity index (χ1) is 12.0. The smallest absolute Gasteiger partial charge is 0.335 e. The lowest BCUT2D eigenvalue weighted by atomic mass is 10.2. The van der Waals surface area contributed by atoms with Crippen LogP contribution in [0.3, 0.4) is 0 Å². The lowest BCUT2D eigenvalue weighted by Crippen LogP contribution is -2.45. The van der Waals surface area contributed by atoms with Crippen molar-refractivity contribution in [3.8, 4) is 0 Å². The van der Waals surface area contributed by atoms with Gasteiger partial charge in [0, 0.05) is 12.6 Å². The molecule has 0 radical (unpaired) electrons. The molecule has 5 amide bonds. The van der Waals surface area contributed by atoms with Gasteiger partial charge in [-0.2, -0.15) is 0 Å². The molecule has 3 rings (SSSR count). The Kier molecular flexibility index (Phi) is 4.43. The third-order valence-electron chi connectivity index (χ3n) is 4.34. The molecule has 0 aromatic carbocycles. The van der Waals surface area contributed by atoms with Crippen molar-refractivity contribution in [3.05, 3.63) is 36.8 Å². The molecule has 1 atom stereocenters. The van der Waals surface area contributed by atoms with Crippen LogP contribution < -0.4 is 0 Å². The molecule has 2 heterocycles. The summed E-state index contributed by atoms with van der Waals surface area (Å²) in [6.07, 6.45) is 4.60. The molecule has 1 unspecified atom stereocenters. The fraction of sp³-hybridized carbons (Fsp3) is 0.412. The highest BCUT2D eigenvalue weighted by atomic mass is 16.3. The normalized spacial score (nSPS) is 18.7. The van der Waals surface area contributed by atoms with E-state index in [9.17, 15) is 19.2 Å². The SMILES string of the molecule is C=CCN1C(=O)C(=O)N(CC(=O)N(C2CC2)C(C)c2ccco2)C1=O. The standard InChI is InChI=1S/C17H19N3O5/c1-3-8-18-15(22)16(23)19(17(18)24)10-14(21)20(12-6-7-12)11(2)13-5-4-9-25-13/h3-5,9,11-12H,1,6-8,10H2,2H3. The van der Waals surface area contributed by atoms with Crippen LogP contribution in [0.2, 0.25) is 0 Å². The number of furan rings is 1. The van der Waals surface area contributed by atoms with Crippen LogP contribution in [0.1, 0.15) is 31.6 Å². The Morgan fingerprint density at radius 1 is 1.36 bits per heavy atom. The molecule has 1 aliphatic heterocycles. The number of rotatable bonds is 7. The van der Waals surface area contributed by atoms with Crippen molar-refractivity contribution < 1.29 is 23.6 Å². The first-order valence-electron chi connectivity index (χ1n) is 8.08. The highest BCUT2D eigenvalue weighted by molar-refractivity contribution is 6.45. The molecule has 0 spiro atoms. The lowest BCUT2D eigenvalue weighted by Gasteiger charge is -2.29. The molecule has 132 valence electrons. The van der Waals surface area contributed by atoms with Crippen LogP contribution in [-0.2, 0) is 14.4 Å². The molecule has 1 aromatic rings. The van der Waals surface area contributed by atoms with Gasteiger partial charge in [0.1, 0.15) is 12.3 Å². The van der Waals surface area contributed by atoms with Gasteiger partial charge < -0.3 is 9.32 Å². The van der Waals surface area contributed by atoms with E-state index in [0.717, 1.165) is 17.7 Å². The van der Waals surface area contributed by atoms with Crippen LogP contribution >= 0.6 is 0 Å². The second-order valence-corrected chi connectivity index (χ2v) is 6.10. The number of carbonyl (C=O) groups is 4. The number of hydrogen-bond donors (Lipinski definition) is 0. The molecule has 1 aliphatic carbocycles. The van der Waals surface area contributed by atoms with Gasteiger partial charge in [0.2, 0.25) is 5.91 Å². The summed E-state index contributed by atoms with van der Waals surface area (Å²) >= 11 is 0. The number of urea groups is 1. The van der Waals surface area contributed by atoms with Crippen molar-refractivity contribution in [1.82, 2.24) is 14.7 Å². The van der Waals surface area contributed by atoms with Crippen LogP contribution in [0.25, 0.3) is 0 Å². The number of hydrogen-bond acceptors (Lipinski definition) is 5. The highest BCUT2D eigenvalue weighted by Gasteiger charge is 2.46. The van der Waals surface area contributed by atoms with E-state index in [2.05, 4.69) is 6.58 Å². The van der Waals surface area contributed by atoms with E-state index in [0.29, 0.717) is 10.7 Å². The third kappa shape index (κ3) is 3.07. The van der Waals surface area contributed by atoms with E-state index in [4.69, 9.17) is 4.42 Å². The number of nitrogens with zero attached hydrogens (tertiary/aromatic N) is 3. The fourth-order valence-electron chi connectivity index (χ4n) is 2.95. The summed E-state index contributed by atoms with van der Waals surface area (Å²) in [6.45, 7) is 4.76. The summed E-state index contributed by atoms with van der Waals surface area (Å²) in [7, 11) is 0. The second kappa shape index (κ2) is 6.54. The zero-order valence-corrected chi connectivity index (χ0v) is 13.9. The lowest BCUT2D eigenvalue weighted by molar-refractivity contribution is -0.145. The van der Waals surface area contributed by atoms with Crippen molar-refractivity contribution in [3.63, 3.8) is 0 Å². The van der Waals surface area contributed by atoms with E-state index in [1.807, 2.05) is 6.92 Å². The van der Waals surface area contributed by atoms with Crippen molar-refractivity contribution in [2.24, 2.45) is 0 Å². The Morgan fingerprint density at radius 3 is 2.60 bits per heavy atom. The average molecular weight is 345 g/mol. The van der Waals surface area contributed by atoms with Crippen molar-refractivity contribution in [2.75, 3.05) is 13.1 Å². The van der Waals surface area contributed by atoms with E-state index in [1.165, 1.54) is 12.3 Å². The molecule has 25 heavy (non-hydrogen) atoms. The summed E-state index contributed by atoms with van der Waals surface area (Å²) in [6, 6.07) is 2.46. The quantitative estimate of drug-likeness (QED) is 0.422. The molecule has 1 saturated carbocycles. The van der Waals surface area contributed by atoms with Gasteiger partial charge >= 0.3 is 17.8 Å². The summed E-state index contributed by atoms with van der Waals surface area (Å²) in [4.78, 5) is 52.0. The summed E-state index contributed by atoms with van der Waals surface area (Å²) in [5.74, 6) is -1.68. The summed E-state index contributed by atoms with van der Waals surface area (Å²) in [5, 5.41) is 0. The van der Waals surface area contributed by atoms with E-state index >= 15 is 0 Å². The Balaban J connectivity index is 1.75. The third-order valence-corrected chi connectivity index (χ3v) is 4.34. The van der Waals surface area contributed by atoms with Gasteiger partial charge in [-0.3, -0.25) is 19.3 Å². The van der Waals surface area contributed by atoms with Crippen molar-refractivity contribution >= 4 is 23.8 Å². The number of carbonyl (C=O) groups excluding carboxylic acids is 4. The monoisotopic (exact) mass is 345 g/mol. The largest absolute Gasteiger partial charge is 0.467 e. The zero-order chi connectivity index (χ0) is 18.1. The molecular weight excluding hydrogens is 326 g/mol. The molecule has 0 N–H and O–H groups in total.